The molecule has 0 saturated carbocycles. The number of anilines is 1. The predicted molar refractivity (Wildman–Crippen MR) is 154 cm³/mol. The molecular weight excluding hydrogens is 515 g/mol. The van der Waals surface area contributed by atoms with Crippen LogP contribution in [0.5, 0.6) is 0 Å². The average Bonchev–Trinajstić information content (AvgIpc) is 3.16. The normalized spacial score (nSPS) is 14.0. The molecule has 8 heteroatoms. The smallest absolute Gasteiger partial charge is 0.253 e. The van der Waals surface area contributed by atoms with E-state index in [1.54, 1.807) is 0 Å². The summed E-state index contributed by atoms with van der Waals surface area (Å²) in [6.45, 7) is 9.68. The van der Waals surface area contributed by atoms with Crippen LogP contribution in [0.4, 0.5) is 5.69 Å². The van der Waals surface area contributed by atoms with E-state index in [4.69, 9.17) is 23.2 Å². The van der Waals surface area contributed by atoms with Crippen LogP contribution in [-0.4, -0.2) is 54.6 Å². The lowest BCUT2D eigenvalue weighted by Gasteiger charge is -2.36. The monoisotopic (exact) mass is 548 g/mol. The number of nitrogens with zero attached hydrogens (tertiary/aromatic N) is 3. The number of piperazine rings is 1. The number of benzene rings is 2. The second kappa shape index (κ2) is 12.9. The highest BCUT2D eigenvalue weighted by atomic mass is 35.5. The lowest BCUT2D eigenvalue weighted by molar-refractivity contribution is 0.0952. The molecule has 2 aromatic carbocycles. The number of amides is 1. The van der Waals surface area contributed by atoms with Crippen LogP contribution in [0.2, 0.25) is 10.0 Å². The first-order valence-corrected chi connectivity index (χ1v) is 13.0. The van der Waals surface area contributed by atoms with Crippen molar-refractivity contribution in [3.8, 4) is 11.3 Å². The van der Waals surface area contributed by atoms with Gasteiger partial charge in [-0.3, -0.25) is 9.69 Å². The number of aromatic nitrogens is 1. The van der Waals surface area contributed by atoms with Crippen molar-refractivity contribution in [2.75, 3.05) is 44.2 Å². The first kappa shape index (κ1) is 28.4. The van der Waals surface area contributed by atoms with Crippen molar-refractivity contribution in [2.24, 2.45) is 7.05 Å². The molecule has 1 aliphatic rings. The minimum atomic E-state index is 0. The Balaban J connectivity index is 0.00000361. The number of aryl methyl sites for hydroxylation is 1. The van der Waals surface area contributed by atoms with Gasteiger partial charge in [0.15, 0.2) is 0 Å². The lowest BCUT2D eigenvalue weighted by Crippen LogP contribution is -2.46. The van der Waals surface area contributed by atoms with Crippen molar-refractivity contribution >= 4 is 47.2 Å². The molecule has 2 heterocycles. The third-order valence-electron chi connectivity index (χ3n) is 6.96. The second-order valence-electron chi connectivity index (χ2n) is 9.32. The molecule has 5 nitrogen and oxygen atoms in total. The summed E-state index contributed by atoms with van der Waals surface area (Å²) in [5.74, 6) is 0.00322. The second-order valence-corrected chi connectivity index (χ2v) is 10.1. The largest absolute Gasteiger partial charge is 0.368 e. The van der Waals surface area contributed by atoms with Gasteiger partial charge in [0, 0.05) is 51.2 Å². The van der Waals surface area contributed by atoms with Gasteiger partial charge in [0.05, 0.1) is 21.3 Å². The topological polar surface area (TPSA) is 40.5 Å². The van der Waals surface area contributed by atoms with Crippen LogP contribution in [0.15, 0.2) is 48.5 Å². The number of hydrogen-bond acceptors (Lipinski definition) is 3. The van der Waals surface area contributed by atoms with E-state index in [0.717, 1.165) is 73.8 Å². The summed E-state index contributed by atoms with van der Waals surface area (Å²) in [7, 11) is 2.02. The predicted octanol–water partition coefficient (Wildman–Crippen LogP) is 6.37. The molecule has 1 amide bonds. The molecule has 1 fully saturated rings. The van der Waals surface area contributed by atoms with E-state index < -0.39 is 0 Å². The van der Waals surface area contributed by atoms with Gasteiger partial charge in [0.2, 0.25) is 0 Å². The van der Waals surface area contributed by atoms with Crippen molar-refractivity contribution in [2.45, 2.75) is 26.7 Å². The molecule has 0 unspecified atom stereocenters. The Morgan fingerprint density at radius 1 is 0.972 bits per heavy atom. The summed E-state index contributed by atoms with van der Waals surface area (Å²) in [6.07, 6.45) is 2.02. The van der Waals surface area contributed by atoms with E-state index in [-0.39, 0.29) is 18.3 Å². The summed E-state index contributed by atoms with van der Waals surface area (Å²) >= 11 is 12.6. The van der Waals surface area contributed by atoms with E-state index in [1.807, 2.05) is 38.2 Å². The van der Waals surface area contributed by atoms with Crippen LogP contribution >= 0.6 is 35.6 Å². The van der Waals surface area contributed by atoms with E-state index in [0.29, 0.717) is 16.6 Å². The fraction of sp³-hybridized carbons (Fsp3) is 0.393. The molecule has 0 aliphatic carbocycles. The van der Waals surface area contributed by atoms with E-state index in [1.165, 1.54) is 5.56 Å². The first-order valence-electron chi connectivity index (χ1n) is 12.3. The lowest BCUT2D eigenvalue weighted by atomic mass is 10.1. The molecule has 1 N–H and O–H groups in total. The third-order valence-corrected chi connectivity index (χ3v) is 7.77. The van der Waals surface area contributed by atoms with Crippen LogP contribution < -0.4 is 10.2 Å². The average molecular weight is 550 g/mol. The van der Waals surface area contributed by atoms with Gasteiger partial charge in [0.25, 0.3) is 5.91 Å². The molecule has 0 radical (unpaired) electrons. The summed E-state index contributed by atoms with van der Waals surface area (Å²) < 4.78 is 2.09. The maximum absolute atomic E-state index is 12.8. The van der Waals surface area contributed by atoms with Gasteiger partial charge < -0.3 is 14.8 Å². The third kappa shape index (κ3) is 6.57. The van der Waals surface area contributed by atoms with Crippen LogP contribution in [0.25, 0.3) is 11.3 Å². The quantitative estimate of drug-likeness (QED) is 0.332. The van der Waals surface area contributed by atoms with E-state index >= 15 is 0 Å². The minimum absolute atomic E-state index is 0. The number of carbonyl (C=O) groups is 1. The van der Waals surface area contributed by atoms with E-state index in [2.05, 4.69) is 50.9 Å². The molecule has 0 atom stereocenters. The highest BCUT2D eigenvalue weighted by Crippen LogP contribution is 2.33. The van der Waals surface area contributed by atoms with Crippen molar-refractivity contribution < 1.29 is 4.79 Å². The Hall–Kier alpha value is -2.18. The van der Waals surface area contributed by atoms with Crippen LogP contribution in [0, 0.1) is 13.8 Å². The molecule has 194 valence electrons. The number of nitrogens with one attached hydrogen (secondary N) is 1. The molecule has 3 aromatic rings. The summed E-state index contributed by atoms with van der Waals surface area (Å²) in [6, 6.07) is 16.2. The Labute approximate surface area is 230 Å². The fourth-order valence-corrected chi connectivity index (χ4v) is 5.05. The van der Waals surface area contributed by atoms with Gasteiger partial charge in [-0.2, -0.15) is 0 Å². The van der Waals surface area contributed by atoms with Gasteiger partial charge >= 0.3 is 0 Å². The van der Waals surface area contributed by atoms with Gasteiger partial charge in [-0.05, 0) is 57.0 Å². The number of hydrogen-bond donors (Lipinski definition) is 1. The standard InChI is InChI=1S/C28H34Cl2N4O.ClH/c1-20-9-11-22(12-10-20)26-19-23(21(2)32(26)3)28(35)31-13-4-5-14-33-15-17-34(18-16-33)25-8-6-7-24(29)27(25)30;/h6-12,19H,4-5,13-18H2,1-3H3,(H,31,35);1H. The SMILES string of the molecule is Cc1ccc(-c2cc(C(=O)NCCCCN3CCN(c4cccc(Cl)c4Cl)CC3)c(C)n2C)cc1.Cl. The molecule has 1 saturated heterocycles. The van der Waals surface area contributed by atoms with Gasteiger partial charge in [0.1, 0.15) is 0 Å². The fourth-order valence-electron chi connectivity index (χ4n) is 4.64. The maximum atomic E-state index is 12.8. The number of unbranched alkanes of at least 4 members (excludes halogenated alkanes) is 1. The summed E-state index contributed by atoms with van der Waals surface area (Å²) in [5.41, 5.74) is 6.16. The van der Waals surface area contributed by atoms with Crippen LogP contribution in [-0.2, 0) is 7.05 Å². The minimum Gasteiger partial charge on any atom is -0.368 e. The maximum Gasteiger partial charge on any atom is 0.253 e. The molecule has 4 rings (SSSR count). The number of rotatable bonds is 8. The number of halogens is 3. The van der Waals surface area contributed by atoms with Gasteiger partial charge in [-0.25, -0.2) is 0 Å². The zero-order valence-corrected chi connectivity index (χ0v) is 23.5. The van der Waals surface area contributed by atoms with Crippen molar-refractivity contribution in [1.82, 2.24) is 14.8 Å². The Morgan fingerprint density at radius 3 is 2.36 bits per heavy atom. The van der Waals surface area contributed by atoms with Crippen molar-refractivity contribution in [3.05, 3.63) is 75.4 Å². The zero-order valence-electron chi connectivity index (χ0n) is 21.2. The van der Waals surface area contributed by atoms with Crippen LogP contribution in [0.1, 0.15) is 34.5 Å². The Kier molecular flexibility index (Phi) is 10.1. The molecule has 0 bridgehead atoms. The Bertz CT molecular complexity index is 1170. The molecule has 0 spiro atoms. The highest BCUT2D eigenvalue weighted by molar-refractivity contribution is 6.43. The van der Waals surface area contributed by atoms with Gasteiger partial charge in [-0.15, -0.1) is 12.4 Å². The number of carbonyl (C=O) groups excluding carboxylic acids is 1. The van der Waals surface area contributed by atoms with Crippen molar-refractivity contribution in [3.63, 3.8) is 0 Å². The first-order chi connectivity index (χ1) is 16.8. The summed E-state index contributed by atoms with van der Waals surface area (Å²) in [4.78, 5) is 17.6. The highest BCUT2D eigenvalue weighted by Gasteiger charge is 2.20. The molecule has 1 aliphatic heterocycles. The molecule has 36 heavy (non-hydrogen) atoms. The zero-order chi connectivity index (χ0) is 24.9. The van der Waals surface area contributed by atoms with E-state index in [9.17, 15) is 4.79 Å². The van der Waals surface area contributed by atoms with Crippen LogP contribution in [0.3, 0.4) is 0 Å². The van der Waals surface area contributed by atoms with Crippen molar-refractivity contribution in [1.29, 1.82) is 0 Å². The van der Waals surface area contributed by atoms with Gasteiger partial charge in [-0.1, -0.05) is 59.1 Å². The molecular formula is C28H35Cl3N4O. The Morgan fingerprint density at radius 2 is 1.67 bits per heavy atom. The molecule has 1 aromatic heterocycles. The summed E-state index contributed by atoms with van der Waals surface area (Å²) in [5, 5.41) is 4.35.